The van der Waals surface area contributed by atoms with Gasteiger partial charge in [-0.2, -0.15) is 0 Å². The van der Waals surface area contributed by atoms with Crippen molar-refractivity contribution in [1.82, 2.24) is 0 Å². The molecule has 186 valence electrons. The molecule has 1 unspecified atom stereocenters. The van der Waals surface area contributed by atoms with Crippen molar-refractivity contribution in [3.63, 3.8) is 0 Å². The van der Waals surface area contributed by atoms with E-state index in [9.17, 15) is 0 Å². The monoisotopic (exact) mass is 544 g/mol. The topological polar surface area (TPSA) is 0 Å². The van der Waals surface area contributed by atoms with Crippen LogP contribution in [0.3, 0.4) is 0 Å². The summed E-state index contributed by atoms with van der Waals surface area (Å²) in [6, 6.07) is 12.2. The van der Waals surface area contributed by atoms with Gasteiger partial charge in [-0.1, -0.05) is 0 Å². The van der Waals surface area contributed by atoms with Crippen LogP contribution in [0, 0.1) is 11.3 Å². The molecule has 2 aliphatic rings. The Labute approximate surface area is 223 Å². The van der Waals surface area contributed by atoms with Gasteiger partial charge in [0.25, 0.3) is 0 Å². The minimum absolute atomic E-state index is 0.139. The summed E-state index contributed by atoms with van der Waals surface area (Å²) in [4.78, 5) is 0. The molecule has 4 rings (SSSR count). The molecule has 2 aromatic carbocycles. The van der Waals surface area contributed by atoms with Crippen LogP contribution in [0.15, 0.2) is 51.3 Å². The number of rotatable bonds is 2. The summed E-state index contributed by atoms with van der Waals surface area (Å²) in [6.45, 7) is 28.6. The van der Waals surface area contributed by atoms with Crippen LogP contribution in [0.25, 0.3) is 11.1 Å². The van der Waals surface area contributed by atoms with E-state index in [-0.39, 0.29) is 16.2 Å². The molecule has 0 heterocycles. The zero-order valence-corrected chi connectivity index (χ0v) is 26.8. The first-order valence-electron chi connectivity index (χ1n) is 13.4. The molecule has 0 nitrogen and oxygen atoms in total. The minimum atomic E-state index is -2.30. The number of benzene rings is 2. The van der Waals surface area contributed by atoms with Gasteiger partial charge >= 0.3 is 224 Å². The Balaban J connectivity index is 1.97. The fourth-order valence-corrected chi connectivity index (χ4v) is 14.3. The first kappa shape index (κ1) is 26.7. The van der Waals surface area contributed by atoms with Gasteiger partial charge in [-0.15, -0.1) is 0 Å². The molecule has 0 fully saturated rings. The quantitative estimate of drug-likeness (QED) is 0.302. The van der Waals surface area contributed by atoms with Crippen molar-refractivity contribution in [3.8, 4) is 11.1 Å². The number of allylic oxidation sites excluding steroid dienone is 4. The number of hydrogen-bond acceptors (Lipinski definition) is 0. The standard InChI is InChI=1S/C21H25.C10H15.C3H6.Zr/c1-20(2,3)16-7-9-18-14(12-16)11-15-13-17(21(4,5)6)8-10-19(15)18;1-8-5-6-9(7-8)10(2,3)4;1-3-2;/h7-10,12H,11H2,1-6H3;6-8H,1-4H3;1-2H3;. The van der Waals surface area contributed by atoms with Crippen LogP contribution in [0.5, 0.6) is 0 Å². The van der Waals surface area contributed by atoms with E-state index in [1.54, 1.807) is 20.9 Å². The zero-order valence-electron chi connectivity index (χ0n) is 24.3. The van der Waals surface area contributed by atoms with Crippen molar-refractivity contribution < 1.29 is 21.3 Å². The second-order valence-corrected chi connectivity index (χ2v) is 21.1. The van der Waals surface area contributed by atoms with Crippen molar-refractivity contribution in [1.29, 1.82) is 0 Å². The predicted octanol–water partition coefficient (Wildman–Crippen LogP) is 8.81. The van der Waals surface area contributed by atoms with Crippen LogP contribution in [-0.2, 0) is 38.5 Å². The van der Waals surface area contributed by atoms with Crippen molar-refractivity contribution in [2.45, 2.75) is 100 Å². The van der Waals surface area contributed by atoms with E-state index in [1.807, 2.05) is 0 Å². The van der Waals surface area contributed by atoms with Gasteiger partial charge in [0.1, 0.15) is 0 Å². The number of hydrogen-bond donors (Lipinski definition) is 0. The van der Waals surface area contributed by atoms with E-state index in [1.165, 1.54) is 27.8 Å². The van der Waals surface area contributed by atoms with Crippen molar-refractivity contribution in [2.75, 3.05) is 0 Å². The van der Waals surface area contributed by atoms with Gasteiger partial charge in [0, 0.05) is 0 Å². The van der Waals surface area contributed by atoms with Crippen LogP contribution in [0.4, 0.5) is 0 Å². The molecule has 0 aromatic heterocycles. The summed E-state index contributed by atoms with van der Waals surface area (Å²) in [5.41, 5.74) is 11.2. The molecule has 0 spiro atoms. The Morgan fingerprint density at radius 3 is 1.94 bits per heavy atom. The van der Waals surface area contributed by atoms with Crippen LogP contribution >= 0.6 is 0 Å². The summed E-state index contributed by atoms with van der Waals surface area (Å²) in [5, 5.41) is 0. The van der Waals surface area contributed by atoms with Crippen LogP contribution in [-0.4, -0.2) is 3.21 Å². The Morgan fingerprint density at radius 1 is 0.800 bits per heavy atom. The van der Waals surface area contributed by atoms with E-state index >= 15 is 0 Å². The summed E-state index contributed by atoms with van der Waals surface area (Å²) in [5.74, 6) is 0.550. The summed E-state index contributed by atoms with van der Waals surface area (Å²) in [6.07, 6.45) is 6.27. The van der Waals surface area contributed by atoms with Gasteiger partial charge in [-0.25, -0.2) is 0 Å². The summed E-state index contributed by atoms with van der Waals surface area (Å²) >= 11 is -2.30. The molecule has 0 amide bonds. The van der Waals surface area contributed by atoms with Gasteiger partial charge in [-0.05, 0) is 0 Å². The van der Waals surface area contributed by atoms with Crippen LogP contribution in [0.1, 0.15) is 105 Å². The first-order chi connectivity index (χ1) is 16.0. The molecule has 1 heteroatoms. The van der Waals surface area contributed by atoms with Gasteiger partial charge in [0.15, 0.2) is 0 Å². The SMILES string of the molecule is C[C](C)=[Zr]([C]1=CC(C(C)(C)C)=CC1C)[c]1c(C(C)(C)C)ccc2c1Cc1cc(C(C)(C)C)ccc1-2. The fourth-order valence-electron chi connectivity index (χ4n) is 5.81. The average molecular weight is 546 g/mol. The molecule has 0 radical (unpaired) electrons. The number of fused-ring (bicyclic) bond motifs is 3. The molecule has 1 atom stereocenters. The molecule has 0 aliphatic heterocycles. The third kappa shape index (κ3) is 4.97. The van der Waals surface area contributed by atoms with Crippen LogP contribution in [0.2, 0.25) is 0 Å². The third-order valence-electron chi connectivity index (χ3n) is 7.89. The van der Waals surface area contributed by atoms with Crippen LogP contribution < -0.4 is 3.27 Å². The molecule has 0 saturated heterocycles. The van der Waals surface area contributed by atoms with E-state index < -0.39 is 21.3 Å². The van der Waals surface area contributed by atoms with E-state index in [0.29, 0.717) is 5.92 Å². The molecular weight excluding hydrogens is 500 g/mol. The molecule has 35 heavy (non-hydrogen) atoms. The van der Waals surface area contributed by atoms with E-state index in [0.717, 1.165) is 6.42 Å². The molecular formula is C34H46Zr. The summed E-state index contributed by atoms with van der Waals surface area (Å²) in [7, 11) is 0. The molecule has 0 N–H and O–H groups in total. The second-order valence-electron chi connectivity index (χ2n) is 14.2. The normalized spacial score (nSPS) is 17.7. The first-order valence-corrected chi connectivity index (χ1v) is 17.1. The maximum absolute atomic E-state index is 2.62. The predicted molar refractivity (Wildman–Crippen MR) is 153 cm³/mol. The Bertz CT molecular complexity index is 1270. The fraction of sp³-hybridized carbons (Fsp3) is 0.500. The summed E-state index contributed by atoms with van der Waals surface area (Å²) < 4.78 is 5.23. The second kappa shape index (κ2) is 8.90. The van der Waals surface area contributed by atoms with Gasteiger partial charge < -0.3 is 0 Å². The molecule has 2 aromatic rings. The molecule has 0 bridgehead atoms. The Kier molecular flexibility index (Phi) is 6.80. The van der Waals surface area contributed by atoms with Crippen molar-refractivity contribution >= 4 is 6.48 Å². The average Bonchev–Trinajstić information content (AvgIpc) is 3.27. The van der Waals surface area contributed by atoms with Gasteiger partial charge in [0.05, 0.1) is 0 Å². The maximum atomic E-state index is 2.62. The molecule has 2 aliphatic carbocycles. The third-order valence-corrected chi connectivity index (χ3v) is 15.9. The van der Waals surface area contributed by atoms with Gasteiger partial charge in [0.2, 0.25) is 0 Å². The Hall–Kier alpha value is -1.33. The van der Waals surface area contributed by atoms with Crippen molar-refractivity contribution in [2.24, 2.45) is 11.3 Å². The molecule has 0 saturated carbocycles. The Morgan fingerprint density at radius 2 is 1.43 bits per heavy atom. The van der Waals surface area contributed by atoms with Gasteiger partial charge in [-0.3, -0.25) is 0 Å². The van der Waals surface area contributed by atoms with E-state index in [2.05, 4.69) is 126 Å². The van der Waals surface area contributed by atoms with Crippen molar-refractivity contribution in [3.05, 3.63) is 73.6 Å². The zero-order chi connectivity index (χ0) is 26.1. The van der Waals surface area contributed by atoms with E-state index in [4.69, 9.17) is 0 Å².